The van der Waals surface area contributed by atoms with E-state index in [0.29, 0.717) is 12.2 Å². The number of rotatable bonds is 6. The topological polar surface area (TPSA) is 111 Å². The first-order valence-corrected chi connectivity index (χ1v) is 11.1. The summed E-state index contributed by atoms with van der Waals surface area (Å²) in [5.74, 6) is -0.212. The van der Waals surface area contributed by atoms with Crippen molar-refractivity contribution < 1.29 is 32.2 Å². The second kappa shape index (κ2) is 9.00. The van der Waals surface area contributed by atoms with Gasteiger partial charge in [0.15, 0.2) is 0 Å². The van der Waals surface area contributed by atoms with Crippen molar-refractivity contribution in [2.24, 2.45) is 0 Å². The molecule has 1 aromatic rings. The minimum Gasteiger partial charge on any atom is -0.491 e. The Morgan fingerprint density at radius 1 is 1.24 bits per heavy atom. The van der Waals surface area contributed by atoms with Crippen molar-refractivity contribution in [1.82, 2.24) is 9.62 Å². The van der Waals surface area contributed by atoms with Gasteiger partial charge in [-0.1, -0.05) is 12.1 Å². The van der Waals surface area contributed by atoms with Crippen LogP contribution in [0.3, 0.4) is 0 Å². The minimum absolute atomic E-state index is 0.0647. The maximum atomic E-state index is 12.6. The van der Waals surface area contributed by atoms with E-state index in [9.17, 15) is 18.0 Å². The second-order valence-electron chi connectivity index (χ2n) is 7.91. The zero-order valence-electron chi connectivity index (χ0n) is 17.3. The Balaban J connectivity index is 2.16. The number of carbonyl (C=O) groups is 2. The van der Waals surface area contributed by atoms with Crippen LogP contribution >= 0.6 is 0 Å². The van der Waals surface area contributed by atoms with Gasteiger partial charge in [-0.25, -0.2) is 22.7 Å². The van der Waals surface area contributed by atoms with Gasteiger partial charge >= 0.3 is 12.1 Å². The van der Waals surface area contributed by atoms with Crippen LogP contribution < -0.4 is 9.46 Å². The first kappa shape index (κ1) is 23.0. The molecular formula is C19H28N2O7S. The summed E-state index contributed by atoms with van der Waals surface area (Å²) in [5, 5.41) is 0. The molecule has 0 aliphatic carbocycles. The average Bonchev–Trinajstić information content (AvgIpc) is 2.99. The normalized spacial score (nSPS) is 19.7. The summed E-state index contributed by atoms with van der Waals surface area (Å²) in [4.78, 5) is 26.0. The van der Waals surface area contributed by atoms with Gasteiger partial charge in [0.25, 0.3) is 0 Å². The number of benzene rings is 1. The predicted molar refractivity (Wildman–Crippen MR) is 106 cm³/mol. The summed E-state index contributed by atoms with van der Waals surface area (Å²) in [6.07, 6.45) is 0.874. The smallest absolute Gasteiger partial charge is 0.410 e. The number of nitrogens with one attached hydrogen (secondary N) is 1. The Morgan fingerprint density at radius 3 is 2.48 bits per heavy atom. The highest BCUT2D eigenvalue weighted by atomic mass is 32.2. The molecule has 0 unspecified atom stereocenters. The monoisotopic (exact) mass is 428 g/mol. The van der Waals surface area contributed by atoms with E-state index in [0.717, 1.165) is 6.26 Å². The number of ether oxygens (including phenoxy) is 3. The fourth-order valence-corrected chi connectivity index (χ4v) is 3.84. The third-order valence-electron chi connectivity index (χ3n) is 4.15. The molecule has 29 heavy (non-hydrogen) atoms. The molecule has 2 atom stereocenters. The van der Waals surface area contributed by atoms with E-state index in [2.05, 4.69) is 4.72 Å². The standard InChI is InChI=1S/C19H28N2O7S/c1-19(2,3)28-18(23)21-11-13(20-29(5,24)25)10-14(21)12-27-16-9-7-6-8-15(16)17(22)26-4/h6-9,13-14,20H,10-12H2,1-5H3/t13-,14-/m0/s1. The molecule has 10 heteroatoms. The van der Waals surface area contributed by atoms with E-state index < -0.39 is 39.8 Å². The molecule has 0 saturated carbocycles. The van der Waals surface area contributed by atoms with Gasteiger partial charge in [0.2, 0.25) is 10.0 Å². The van der Waals surface area contributed by atoms with Crippen molar-refractivity contribution in [1.29, 1.82) is 0 Å². The van der Waals surface area contributed by atoms with Crippen LogP contribution in [0.25, 0.3) is 0 Å². The highest BCUT2D eigenvalue weighted by molar-refractivity contribution is 7.88. The molecule has 0 spiro atoms. The van der Waals surface area contributed by atoms with Gasteiger partial charge in [0.05, 0.1) is 19.4 Å². The van der Waals surface area contributed by atoms with Crippen LogP contribution in [0, 0.1) is 0 Å². The molecule has 1 amide bonds. The lowest BCUT2D eigenvalue weighted by Gasteiger charge is -2.28. The van der Waals surface area contributed by atoms with Crippen molar-refractivity contribution in [3.8, 4) is 5.75 Å². The van der Waals surface area contributed by atoms with E-state index in [1.54, 1.807) is 45.0 Å². The van der Waals surface area contributed by atoms with Gasteiger partial charge < -0.3 is 19.1 Å². The number of methoxy groups -OCH3 is 1. The van der Waals surface area contributed by atoms with E-state index in [1.807, 2.05) is 0 Å². The van der Waals surface area contributed by atoms with Gasteiger partial charge in [0, 0.05) is 12.6 Å². The molecule has 9 nitrogen and oxygen atoms in total. The highest BCUT2D eigenvalue weighted by Crippen LogP contribution is 2.25. The van der Waals surface area contributed by atoms with Gasteiger partial charge in [-0.3, -0.25) is 0 Å². The van der Waals surface area contributed by atoms with Crippen LogP contribution in [0.2, 0.25) is 0 Å². The average molecular weight is 429 g/mol. The van der Waals surface area contributed by atoms with Gasteiger partial charge in [-0.2, -0.15) is 0 Å². The fraction of sp³-hybridized carbons (Fsp3) is 0.579. The number of esters is 1. The molecule has 1 heterocycles. The molecule has 1 saturated heterocycles. The van der Waals surface area contributed by atoms with Crippen molar-refractivity contribution in [3.05, 3.63) is 29.8 Å². The van der Waals surface area contributed by atoms with Crippen molar-refractivity contribution in [3.63, 3.8) is 0 Å². The third-order valence-corrected chi connectivity index (χ3v) is 4.91. The Morgan fingerprint density at radius 2 is 1.90 bits per heavy atom. The molecule has 1 aromatic carbocycles. The summed E-state index contributed by atoms with van der Waals surface area (Å²) in [6, 6.07) is 5.72. The zero-order chi connectivity index (χ0) is 21.8. The Hall–Kier alpha value is -2.33. The number of hydrogen-bond acceptors (Lipinski definition) is 7. The van der Waals surface area contributed by atoms with E-state index in [-0.39, 0.29) is 18.7 Å². The molecule has 0 aromatic heterocycles. The third kappa shape index (κ3) is 6.90. The fourth-order valence-electron chi connectivity index (χ4n) is 3.06. The van der Waals surface area contributed by atoms with Crippen LogP contribution in [-0.2, 0) is 19.5 Å². The van der Waals surface area contributed by atoms with Crippen LogP contribution in [0.15, 0.2) is 24.3 Å². The molecule has 1 aliphatic rings. The quantitative estimate of drug-likeness (QED) is 0.688. The van der Waals surface area contributed by atoms with Gasteiger partial charge in [-0.05, 0) is 39.3 Å². The number of sulfonamides is 1. The van der Waals surface area contributed by atoms with Gasteiger partial charge in [0.1, 0.15) is 23.5 Å². The lowest BCUT2D eigenvalue weighted by atomic mass is 10.2. The molecule has 162 valence electrons. The number of amides is 1. The number of carbonyl (C=O) groups excluding carboxylic acids is 2. The molecule has 0 bridgehead atoms. The summed E-state index contributed by atoms with van der Waals surface area (Å²) in [7, 11) is -2.15. The van der Waals surface area contributed by atoms with Gasteiger partial charge in [-0.15, -0.1) is 0 Å². The maximum absolute atomic E-state index is 12.6. The van der Waals surface area contributed by atoms with Crippen molar-refractivity contribution >= 4 is 22.1 Å². The maximum Gasteiger partial charge on any atom is 0.410 e. The van der Waals surface area contributed by atoms with Crippen LogP contribution in [0.4, 0.5) is 4.79 Å². The summed E-state index contributed by atoms with van der Waals surface area (Å²) in [6.45, 7) is 5.49. The summed E-state index contributed by atoms with van der Waals surface area (Å²) < 4.78 is 41.7. The number of para-hydroxylation sites is 1. The molecule has 0 radical (unpaired) electrons. The predicted octanol–water partition coefficient (Wildman–Crippen LogP) is 1.78. The van der Waals surface area contributed by atoms with Crippen molar-refractivity contribution in [2.75, 3.05) is 26.5 Å². The molecule has 1 fully saturated rings. The van der Waals surface area contributed by atoms with Crippen LogP contribution in [0.1, 0.15) is 37.6 Å². The second-order valence-corrected chi connectivity index (χ2v) is 9.69. The molecular weight excluding hydrogens is 400 g/mol. The number of hydrogen-bond donors (Lipinski definition) is 1. The summed E-state index contributed by atoms with van der Waals surface area (Å²) in [5.41, 5.74) is -0.426. The number of likely N-dealkylation sites (tertiary alicyclic amines) is 1. The van der Waals surface area contributed by atoms with E-state index >= 15 is 0 Å². The highest BCUT2D eigenvalue weighted by Gasteiger charge is 2.39. The first-order chi connectivity index (χ1) is 13.4. The van der Waals surface area contributed by atoms with Crippen LogP contribution in [-0.4, -0.2) is 69.6 Å². The number of nitrogens with zero attached hydrogens (tertiary/aromatic N) is 1. The molecule has 2 rings (SSSR count). The zero-order valence-corrected chi connectivity index (χ0v) is 18.1. The Kier molecular flexibility index (Phi) is 7.12. The lowest BCUT2D eigenvalue weighted by Crippen LogP contribution is -2.43. The Labute approximate surface area is 171 Å². The van der Waals surface area contributed by atoms with E-state index in [1.165, 1.54) is 12.0 Å². The Bertz CT molecular complexity index is 848. The molecule has 1 N–H and O–H groups in total. The summed E-state index contributed by atoms with van der Waals surface area (Å²) >= 11 is 0. The first-order valence-electron chi connectivity index (χ1n) is 9.16. The van der Waals surface area contributed by atoms with Crippen LogP contribution in [0.5, 0.6) is 5.75 Å². The van der Waals surface area contributed by atoms with Crippen molar-refractivity contribution in [2.45, 2.75) is 44.9 Å². The SMILES string of the molecule is COC(=O)c1ccccc1OC[C@@H]1C[C@H](NS(C)(=O)=O)CN1C(=O)OC(C)(C)C. The lowest BCUT2D eigenvalue weighted by molar-refractivity contribution is 0.0184. The molecule has 1 aliphatic heterocycles. The largest absolute Gasteiger partial charge is 0.491 e. The minimum atomic E-state index is -3.43. The van der Waals surface area contributed by atoms with E-state index in [4.69, 9.17) is 14.2 Å².